The van der Waals surface area contributed by atoms with Crippen molar-refractivity contribution >= 4 is 27.5 Å². The van der Waals surface area contributed by atoms with Crippen molar-refractivity contribution in [1.29, 1.82) is 0 Å². The van der Waals surface area contributed by atoms with Crippen LogP contribution in [0.15, 0.2) is 47.8 Å². The smallest absolute Gasteiger partial charge is 0.407 e. The van der Waals surface area contributed by atoms with Gasteiger partial charge in [-0.2, -0.15) is 0 Å². The second-order valence-corrected chi connectivity index (χ2v) is 12.9. The molecule has 1 aliphatic carbocycles. The lowest BCUT2D eigenvalue weighted by Gasteiger charge is -2.22. The molecule has 0 unspecified atom stereocenters. The lowest BCUT2D eigenvalue weighted by molar-refractivity contribution is 0.0504. The van der Waals surface area contributed by atoms with Gasteiger partial charge in [0, 0.05) is 35.2 Å². The fourth-order valence-corrected chi connectivity index (χ4v) is 6.64. The summed E-state index contributed by atoms with van der Waals surface area (Å²) in [7, 11) is 0. The molecule has 7 nitrogen and oxygen atoms in total. The van der Waals surface area contributed by atoms with Crippen molar-refractivity contribution in [3.8, 4) is 28.3 Å². The summed E-state index contributed by atoms with van der Waals surface area (Å²) < 4.78 is 27.0. The lowest BCUT2D eigenvalue weighted by atomic mass is 9.96. The van der Waals surface area contributed by atoms with Crippen LogP contribution in [-0.2, 0) is 17.7 Å². The standard InChI is InChI=1S/C32H35FN4O3S/c1-32(2,3)40-31(38)35-24-8-4-19(14-24)18-39-27-16-23(33)7-9-25(27)29-30-26(11-13-41-30)28(36-37-29)21-5-6-22-17-34-12-10-20(22)15-21/h5-7,9,11,13,15-16,19,24,34H,4,8,10,12,14,17-18H2,1-3H3,(H,35,38)/t19-,24+/m1/s1. The maximum atomic E-state index is 14.4. The molecule has 2 atom stereocenters. The Morgan fingerprint density at radius 1 is 1.10 bits per heavy atom. The Hall–Kier alpha value is -3.56. The minimum Gasteiger partial charge on any atom is -0.492 e. The number of hydrogen-bond donors (Lipinski definition) is 2. The third-order valence-corrected chi connectivity index (χ3v) is 8.61. The molecule has 6 rings (SSSR count). The number of amides is 1. The number of thiophene rings is 1. The molecule has 0 spiro atoms. The Labute approximate surface area is 243 Å². The first kappa shape index (κ1) is 27.6. The van der Waals surface area contributed by atoms with Crippen molar-refractivity contribution in [2.24, 2.45) is 5.92 Å². The van der Waals surface area contributed by atoms with Crippen molar-refractivity contribution in [2.75, 3.05) is 13.2 Å². The predicted molar refractivity (Wildman–Crippen MR) is 160 cm³/mol. The average molecular weight is 575 g/mol. The van der Waals surface area contributed by atoms with Gasteiger partial charge in [-0.1, -0.05) is 12.1 Å². The van der Waals surface area contributed by atoms with Crippen LogP contribution in [0.1, 0.15) is 51.2 Å². The molecule has 0 saturated heterocycles. The number of rotatable bonds is 6. The largest absolute Gasteiger partial charge is 0.492 e. The molecule has 9 heteroatoms. The van der Waals surface area contributed by atoms with E-state index in [1.165, 1.54) is 23.3 Å². The van der Waals surface area contributed by atoms with Gasteiger partial charge < -0.3 is 20.1 Å². The SMILES string of the molecule is CC(C)(C)OC(=O)N[C@H]1CC[C@@H](COc2cc(F)ccc2-c2nnc(-c3ccc4c(c3)CCNC4)c3ccsc23)C1. The molecule has 0 radical (unpaired) electrons. The van der Waals surface area contributed by atoms with Gasteiger partial charge in [-0.25, -0.2) is 9.18 Å². The molecule has 41 heavy (non-hydrogen) atoms. The molecular weight excluding hydrogens is 539 g/mol. The zero-order valence-electron chi connectivity index (χ0n) is 23.6. The molecule has 3 heterocycles. The van der Waals surface area contributed by atoms with Crippen LogP contribution in [0.4, 0.5) is 9.18 Å². The first-order chi connectivity index (χ1) is 19.7. The van der Waals surface area contributed by atoms with Crippen LogP contribution in [0, 0.1) is 11.7 Å². The van der Waals surface area contributed by atoms with E-state index in [-0.39, 0.29) is 17.8 Å². The summed E-state index contributed by atoms with van der Waals surface area (Å²) in [6, 6.07) is 13.2. The molecule has 1 amide bonds. The second-order valence-electron chi connectivity index (χ2n) is 11.9. The van der Waals surface area contributed by atoms with Gasteiger partial charge in [0.2, 0.25) is 0 Å². The number of aromatic nitrogens is 2. The average Bonchev–Trinajstić information content (AvgIpc) is 3.60. The molecule has 1 saturated carbocycles. The Kier molecular flexibility index (Phi) is 7.66. The maximum Gasteiger partial charge on any atom is 0.407 e. The topological polar surface area (TPSA) is 85.4 Å². The van der Waals surface area contributed by atoms with Crippen molar-refractivity contribution in [3.05, 3.63) is 64.8 Å². The molecular formula is C32H35FN4O3S. The van der Waals surface area contributed by atoms with Crippen molar-refractivity contribution in [1.82, 2.24) is 20.8 Å². The first-order valence-electron chi connectivity index (χ1n) is 14.2. The number of benzene rings is 2. The number of carbonyl (C=O) groups is 1. The molecule has 1 aliphatic heterocycles. The minimum absolute atomic E-state index is 0.0365. The highest BCUT2D eigenvalue weighted by Crippen LogP contribution is 2.40. The summed E-state index contributed by atoms with van der Waals surface area (Å²) in [6.07, 6.45) is 3.14. The van der Waals surface area contributed by atoms with E-state index < -0.39 is 11.7 Å². The fourth-order valence-electron chi connectivity index (χ4n) is 5.74. The highest BCUT2D eigenvalue weighted by molar-refractivity contribution is 7.17. The van der Waals surface area contributed by atoms with Crippen LogP contribution < -0.4 is 15.4 Å². The monoisotopic (exact) mass is 574 g/mol. The van der Waals surface area contributed by atoms with Crippen LogP contribution >= 0.6 is 11.3 Å². The highest BCUT2D eigenvalue weighted by atomic mass is 32.1. The summed E-state index contributed by atoms with van der Waals surface area (Å²) in [4.78, 5) is 12.2. The predicted octanol–water partition coefficient (Wildman–Crippen LogP) is 6.88. The van der Waals surface area contributed by atoms with Crippen molar-refractivity contribution in [2.45, 2.75) is 64.6 Å². The molecule has 2 aromatic carbocycles. The lowest BCUT2D eigenvalue weighted by Crippen LogP contribution is -2.38. The second kappa shape index (κ2) is 11.4. The van der Waals surface area contributed by atoms with E-state index in [2.05, 4.69) is 45.1 Å². The van der Waals surface area contributed by atoms with Gasteiger partial charge in [0.1, 0.15) is 28.6 Å². The van der Waals surface area contributed by atoms with E-state index >= 15 is 0 Å². The normalized spacial score (nSPS) is 18.7. The number of ether oxygens (including phenoxy) is 2. The molecule has 2 aliphatic rings. The summed E-state index contributed by atoms with van der Waals surface area (Å²) >= 11 is 1.60. The van der Waals surface area contributed by atoms with Gasteiger partial charge >= 0.3 is 6.09 Å². The fraction of sp³-hybridized carbons (Fsp3) is 0.406. The van der Waals surface area contributed by atoms with E-state index in [0.717, 1.165) is 65.7 Å². The number of carbonyl (C=O) groups excluding carboxylic acids is 1. The quantitative estimate of drug-likeness (QED) is 0.261. The van der Waals surface area contributed by atoms with E-state index in [4.69, 9.17) is 9.47 Å². The van der Waals surface area contributed by atoms with Crippen molar-refractivity contribution < 1.29 is 18.7 Å². The van der Waals surface area contributed by atoms with Crippen LogP contribution in [0.25, 0.3) is 32.6 Å². The minimum atomic E-state index is -0.535. The molecule has 1 fully saturated rings. The van der Waals surface area contributed by atoms with E-state index in [9.17, 15) is 9.18 Å². The number of halogens is 1. The Morgan fingerprint density at radius 2 is 1.95 bits per heavy atom. The molecule has 2 aromatic heterocycles. The van der Waals surface area contributed by atoms with E-state index in [0.29, 0.717) is 18.1 Å². The van der Waals surface area contributed by atoms with Gasteiger partial charge in [0.05, 0.1) is 11.3 Å². The van der Waals surface area contributed by atoms with Crippen molar-refractivity contribution in [3.63, 3.8) is 0 Å². The van der Waals surface area contributed by atoms with Gasteiger partial charge in [-0.15, -0.1) is 21.5 Å². The van der Waals surface area contributed by atoms with Gasteiger partial charge in [-0.05, 0) is 99.7 Å². The number of nitrogens with one attached hydrogen (secondary N) is 2. The summed E-state index contributed by atoms with van der Waals surface area (Å²) in [6.45, 7) is 7.84. The molecule has 0 bridgehead atoms. The van der Waals surface area contributed by atoms with E-state index in [1.54, 1.807) is 17.4 Å². The van der Waals surface area contributed by atoms with Crippen LogP contribution in [0.2, 0.25) is 0 Å². The van der Waals surface area contributed by atoms with Gasteiger partial charge in [0.15, 0.2) is 0 Å². The molecule has 214 valence electrons. The molecule has 2 N–H and O–H groups in total. The third-order valence-electron chi connectivity index (χ3n) is 7.69. The summed E-state index contributed by atoms with van der Waals surface area (Å²) in [5, 5.41) is 18.8. The summed E-state index contributed by atoms with van der Waals surface area (Å²) in [5.74, 6) is 0.322. The van der Waals surface area contributed by atoms with Gasteiger partial charge in [-0.3, -0.25) is 0 Å². The van der Waals surface area contributed by atoms with Crippen LogP contribution in [0.5, 0.6) is 5.75 Å². The van der Waals surface area contributed by atoms with Gasteiger partial charge in [0.25, 0.3) is 0 Å². The Balaban J connectivity index is 1.21. The zero-order chi connectivity index (χ0) is 28.6. The number of nitrogens with zero attached hydrogens (tertiary/aromatic N) is 2. The number of alkyl carbamates (subject to hydrolysis) is 1. The third kappa shape index (κ3) is 6.21. The Morgan fingerprint density at radius 3 is 2.80 bits per heavy atom. The highest BCUT2D eigenvalue weighted by Gasteiger charge is 2.29. The van der Waals surface area contributed by atoms with Crippen LogP contribution in [-0.4, -0.2) is 41.1 Å². The molecule has 4 aromatic rings. The Bertz CT molecular complexity index is 1580. The first-order valence-corrected chi connectivity index (χ1v) is 15.1. The van der Waals surface area contributed by atoms with Crippen LogP contribution in [0.3, 0.4) is 0 Å². The maximum absolute atomic E-state index is 14.4. The zero-order valence-corrected chi connectivity index (χ0v) is 24.4. The number of fused-ring (bicyclic) bond motifs is 2. The number of hydrogen-bond acceptors (Lipinski definition) is 7. The summed E-state index contributed by atoms with van der Waals surface area (Å²) in [5.41, 5.74) is 5.45. The van der Waals surface area contributed by atoms with E-state index in [1.807, 2.05) is 26.2 Å².